The van der Waals surface area contributed by atoms with Crippen molar-refractivity contribution in [2.75, 3.05) is 13.2 Å². The number of carbonyl (C=O) groups excluding carboxylic acids is 1. The Morgan fingerprint density at radius 2 is 1.90 bits per heavy atom. The lowest BCUT2D eigenvalue weighted by molar-refractivity contribution is 0.0533. The van der Waals surface area contributed by atoms with Gasteiger partial charge in [-0.15, -0.1) is 0 Å². The lowest BCUT2D eigenvalue weighted by Gasteiger charge is -2.22. The molecule has 0 spiro atoms. The van der Waals surface area contributed by atoms with E-state index in [0.29, 0.717) is 23.9 Å². The molecule has 0 bridgehead atoms. The Hall–Kier alpha value is -1.88. The number of carboxylic acids is 1. The standard InChI is InChI=1S/C16H21NO4/c1-10(2)14-13(7-8-21-14)9-17-15(18)11-3-5-12(6-4-11)16(19)20/h3-6,10,13-14H,7-9H2,1-2H3,(H,17,18)(H,19,20)/t13-,14+/m1/s1. The second-order valence-electron chi connectivity index (χ2n) is 5.72. The summed E-state index contributed by atoms with van der Waals surface area (Å²) < 4.78 is 5.69. The van der Waals surface area contributed by atoms with Crippen LogP contribution >= 0.6 is 0 Å². The smallest absolute Gasteiger partial charge is 0.335 e. The first-order valence-electron chi connectivity index (χ1n) is 7.22. The maximum atomic E-state index is 12.1. The Labute approximate surface area is 124 Å². The minimum atomic E-state index is -0.996. The van der Waals surface area contributed by atoms with Crippen LogP contribution in [0.5, 0.6) is 0 Å². The third-order valence-electron chi connectivity index (χ3n) is 3.84. The summed E-state index contributed by atoms with van der Waals surface area (Å²) in [6.07, 6.45) is 1.15. The van der Waals surface area contributed by atoms with Crippen LogP contribution in [0.1, 0.15) is 41.0 Å². The number of carboxylic acid groups (broad SMARTS) is 1. The highest BCUT2D eigenvalue weighted by molar-refractivity contribution is 5.95. The van der Waals surface area contributed by atoms with Gasteiger partial charge in [-0.1, -0.05) is 13.8 Å². The molecule has 2 atom stereocenters. The van der Waals surface area contributed by atoms with Crippen LogP contribution in [0.3, 0.4) is 0 Å². The van der Waals surface area contributed by atoms with E-state index in [2.05, 4.69) is 19.2 Å². The van der Waals surface area contributed by atoms with E-state index in [-0.39, 0.29) is 17.6 Å². The van der Waals surface area contributed by atoms with Gasteiger partial charge in [-0.3, -0.25) is 4.79 Å². The molecule has 5 heteroatoms. The zero-order chi connectivity index (χ0) is 15.4. The van der Waals surface area contributed by atoms with Gasteiger partial charge in [0.15, 0.2) is 0 Å². The number of aromatic carboxylic acids is 1. The fourth-order valence-corrected chi connectivity index (χ4v) is 2.70. The summed E-state index contributed by atoms with van der Waals surface area (Å²) in [5, 5.41) is 11.7. The Morgan fingerprint density at radius 3 is 2.48 bits per heavy atom. The van der Waals surface area contributed by atoms with Gasteiger partial charge in [-0.05, 0) is 36.6 Å². The van der Waals surface area contributed by atoms with Crippen LogP contribution in [0.15, 0.2) is 24.3 Å². The summed E-state index contributed by atoms with van der Waals surface area (Å²) >= 11 is 0. The van der Waals surface area contributed by atoms with E-state index in [1.54, 1.807) is 0 Å². The number of hydrogen-bond donors (Lipinski definition) is 2. The SMILES string of the molecule is CC(C)[C@@H]1OCC[C@@H]1CNC(=O)c1ccc(C(=O)O)cc1. The third-order valence-corrected chi connectivity index (χ3v) is 3.84. The van der Waals surface area contributed by atoms with Crippen LogP contribution in [0, 0.1) is 11.8 Å². The van der Waals surface area contributed by atoms with E-state index < -0.39 is 5.97 Å². The Kier molecular flexibility index (Phi) is 4.96. The summed E-state index contributed by atoms with van der Waals surface area (Å²) in [6.45, 7) is 5.57. The van der Waals surface area contributed by atoms with E-state index in [4.69, 9.17) is 9.84 Å². The summed E-state index contributed by atoms with van der Waals surface area (Å²) in [5.74, 6) is -0.400. The maximum absolute atomic E-state index is 12.1. The van der Waals surface area contributed by atoms with Gasteiger partial charge < -0.3 is 15.2 Å². The first-order valence-corrected chi connectivity index (χ1v) is 7.22. The minimum Gasteiger partial charge on any atom is -0.478 e. The lowest BCUT2D eigenvalue weighted by atomic mass is 9.93. The largest absolute Gasteiger partial charge is 0.478 e. The van der Waals surface area contributed by atoms with Gasteiger partial charge in [-0.2, -0.15) is 0 Å². The topological polar surface area (TPSA) is 75.6 Å². The average molecular weight is 291 g/mol. The van der Waals surface area contributed by atoms with E-state index in [1.165, 1.54) is 24.3 Å². The molecule has 1 aliphatic rings. The molecule has 0 saturated carbocycles. The molecule has 2 N–H and O–H groups in total. The molecule has 1 aromatic carbocycles. The maximum Gasteiger partial charge on any atom is 0.335 e. The molecule has 1 aromatic rings. The molecule has 5 nitrogen and oxygen atoms in total. The highest BCUT2D eigenvalue weighted by Crippen LogP contribution is 2.26. The van der Waals surface area contributed by atoms with Crippen molar-refractivity contribution in [3.8, 4) is 0 Å². The summed E-state index contributed by atoms with van der Waals surface area (Å²) in [6, 6.07) is 5.94. The quantitative estimate of drug-likeness (QED) is 0.872. The highest BCUT2D eigenvalue weighted by Gasteiger charge is 2.30. The lowest BCUT2D eigenvalue weighted by Crippen LogP contribution is -2.34. The number of nitrogens with one attached hydrogen (secondary N) is 1. The third kappa shape index (κ3) is 3.82. The number of carbonyl (C=O) groups is 2. The molecule has 1 fully saturated rings. The molecule has 1 heterocycles. The highest BCUT2D eigenvalue weighted by atomic mass is 16.5. The van der Waals surface area contributed by atoms with E-state index in [9.17, 15) is 9.59 Å². The van der Waals surface area contributed by atoms with Crippen LogP contribution in [-0.2, 0) is 4.74 Å². The van der Waals surface area contributed by atoms with Gasteiger partial charge in [0.1, 0.15) is 0 Å². The van der Waals surface area contributed by atoms with Crippen LogP contribution in [-0.4, -0.2) is 36.2 Å². The van der Waals surface area contributed by atoms with Gasteiger partial charge in [-0.25, -0.2) is 4.79 Å². The Balaban J connectivity index is 1.91. The van der Waals surface area contributed by atoms with Crippen molar-refractivity contribution in [2.45, 2.75) is 26.4 Å². The first-order chi connectivity index (χ1) is 9.99. The van der Waals surface area contributed by atoms with Gasteiger partial charge in [0.05, 0.1) is 11.7 Å². The fraction of sp³-hybridized carbons (Fsp3) is 0.500. The van der Waals surface area contributed by atoms with Crippen molar-refractivity contribution < 1.29 is 19.4 Å². The van der Waals surface area contributed by atoms with Gasteiger partial charge in [0.25, 0.3) is 5.91 Å². The van der Waals surface area contributed by atoms with E-state index in [0.717, 1.165) is 13.0 Å². The van der Waals surface area contributed by atoms with Gasteiger partial charge in [0.2, 0.25) is 0 Å². The summed E-state index contributed by atoms with van der Waals surface area (Å²) in [4.78, 5) is 22.8. The van der Waals surface area contributed by atoms with Crippen molar-refractivity contribution >= 4 is 11.9 Å². The average Bonchev–Trinajstić information content (AvgIpc) is 2.93. The Morgan fingerprint density at radius 1 is 1.29 bits per heavy atom. The van der Waals surface area contributed by atoms with E-state index in [1.807, 2.05) is 0 Å². The van der Waals surface area contributed by atoms with Crippen LogP contribution < -0.4 is 5.32 Å². The molecular formula is C16H21NO4. The second kappa shape index (κ2) is 6.72. The number of rotatable bonds is 5. The number of benzene rings is 1. The summed E-state index contributed by atoms with van der Waals surface area (Å²) in [7, 11) is 0. The van der Waals surface area contributed by atoms with Crippen molar-refractivity contribution in [3.05, 3.63) is 35.4 Å². The fourth-order valence-electron chi connectivity index (χ4n) is 2.70. The van der Waals surface area contributed by atoms with Crippen molar-refractivity contribution in [1.82, 2.24) is 5.32 Å². The number of hydrogen-bond acceptors (Lipinski definition) is 3. The van der Waals surface area contributed by atoms with Crippen molar-refractivity contribution in [3.63, 3.8) is 0 Å². The van der Waals surface area contributed by atoms with Crippen molar-refractivity contribution in [1.29, 1.82) is 0 Å². The molecule has 0 aromatic heterocycles. The first kappa shape index (κ1) is 15.5. The van der Waals surface area contributed by atoms with Crippen molar-refractivity contribution in [2.24, 2.45) is 11.8 Å². The normalized spacial score (nSPS) is 21.5. The molecule has 0 radical (unpaired) electrons. The summed E-state index contributed by atoms with van der Waals surface area (Å²) in [5.41, 5.74) is 0.649. The van der Waals surface area contributed by atoms with Crippen LogP contribution in [0.4, 0.5) is 0 Å². The second-order valence-corrected chi connectivity index (χ2v) is 5.72. The molecule has 0 unspecified atom stereocenters. The molecule has 1 saturated heterocycles. The molecule has 114 valence electrons. The molecule has 1 aliphatic heterocycles. The molecule has 0 aliphatic carbocycles. The molecule has 21 heavy (non-hydrogen) atoms. The zero-order valence-electron chi connectivity index (χ0n) is 12.3. The van der Waals surface area contributed by atoms with Gasteiger partial charge >= 0.3 is 5.97 Å². The minimum absolute atomic E-state index is 0.176. The predicted octanol–water partition coefficient (Wildman–Crippen LogP) is 2.18. The van der Waals surface area contributed by atoms with Crippen LogP contribution in [0.2, 0.25) is 0 Å². The van der Waals surface area contributed by atoms with Gasteiger partial charge in [0, 0.05) is 24.6 Å². The number of amides is 1. The molecular weight excluding hydrogens is 270 g/mol. The predicted molar refractivity (Wildman–Crippen MR) is 78.4 cm³/mol. The van der Waals surface area contributed by atoms with Crippen LogP contribution in [0.25, 0.3) is 0 Å². The molecule has 2 rings (SSSR count). The Bertz CT molecular complexity index is 510. The zero-order valence-corrected chi connectivity index (χ0v) is 12.3. The number of ether oxygens (including phenoxy) is 1. The molecule has 1 amide bonds. The monoisotopic (exact) mass is 291 g/mol. The van der Waals surface area contributed by atoms with E-state index >= 15 is 0 Å².